The van der Waals surface area contributed by atoms with Gasteiger partial charge in [0.25, 0.3) is 0 Å². The maximum Gasteiger partial charge on any atom is 0.341 e. The van der Waals surface area contributed by atoms with Gasteiger partial charge in [-0.3, -0.25) is 4.79 Å². The second-order valence-electron chi connectivity index (χ2n) is 3.83. The first-order chi connectivity index (χ1) is 8.16. The minimum Gasteiger partial charge on any atom is -0.482 e. The van der Waals surface area contributed by atoms with Crippen LogP contribution >= 0.6 is 0 Å². The Balaban J connectivity index is 2.10. The van der Waals surface area contributed by atoms with E-state index in [1.165, 1.54) is 0 Å². The van der Waals surface area contributed by atoms with Crippen molar-refractivity contribution in [2.24, 2.45) is 0 Å². The Morgan fingerprint density at radius 2 is 2.29 bits per heavy atom. The van der Waals surface area contributed by atoms with Gasteiger partial charge in [-0.1, -0.05) is 6.07 Å². The third kappa shape index (κ3) is 2.75. The smallest absolute Gasteiger partial charge is 0.341 e. The van der Waals surface area contributed by atoms with Crippen molar-refractivity contribution in [2.75, 3.05) is 18.1 Å². The molecule has 2 rings (SSSR count). The van der Waals surface area contributed by atoms with Crippen molar-refractivity contribution >= 4 is 17.6 Å². The van der Waals surface area contributed by atoms with E-state index in [0.717, 1.165) is 12.1 Å². The fraction of sp³-hybridized carbons (Fsp3) is 0.333. The Bertz CT molecular complexity index is 444. The summed E-state index contributed by atoms with van der Waals surface area (Å²) in [7, 11) is 0. The van der Waals surface area contributed by atoms with Gasteiger partial charge < -0.3 is 14.7 Å². The number of hydrogen-bond donors (Lipinski definition) is 1. The van der Waals surface area contributed by atoms with Crippen molar-refractivity contribution in [1.29, 1.82) is 0 Å². The number of carboxylic acids is 1. The topological polar surface area (TPSA) is 66.8 Å². The lowest BCUT2D eigenvalue weighted by molar-refractivity contribution is -0.139. The zero-order chi connectivity index (χ0) is 12.3. The van der Waals surface area contributed by atoms with Gasteiger partial charge in [-0.25, -0.2) is 4.79 Å². The van der Waals surface area contributed by atoms with E-state index in [0.29, 0.717) is 18.7 Å². The number of rotatable bonds is 4. The lowest BCUT2D eigenvalue weighted by atomic mass is 10.3. The fourth-order valence-electron chi connectivity index (χ4n) is 1.81. The van der Waals surface area contributed by atoms with Crippen LogP contribution in [0.15, 0.2) is 24.3 Å². The molecule has 0 bridgehead atoms. The molecule has 1 N–H and O–H groups in total. The highest BCUT2D eigenvalue weighted by molar-refractivity contribution is 5.95. The van der Waals surface area contributed by atoms with Crippen LogP contribution in [0.3, 0.4) is 0 Å². The Morgan fingerprint density at radius 3 is 2.94 bits per heavy atom. The molecule has 17 heavy (non-hydrogen) atoms. The monoisotopic (exact) mass is 235 g/mol. The summed E-state index contributed by atoms with van der Waals surface area (Å²) in [5.74, 6) is -0.461. The van der Waals surface area contributed by atoms with Gasteiger partial charge in [0, 0.05) is 24.7 Å². The number of carboxylic acid groups (broad SMARTS) is 1. The Morgan fingerprint density at radius 1 is 1.47 bits per heavy atom. The molecule has 90 valence electrons. The van der Waals surface area contributed by atoms with E-state index in [1.54, 1.807) is 23.1 Å². The van der Waals surface area contributed by atoms with E-state index in [1.807, 2.05) is 6.07 Å². The molecule has 0 atom stereocenters. The normalized spacial score (nSPS) is 15.1. The number of nitrogens with zero attached hydrogens (tertiary/aromatic N) is 1. The number of carbonyl (C=O) groups is 2. The number of amides is 1. The molecule has 0 spiro atoms. The summed E-state index contributed by atoms with van der Waals surface area (Å²) in [6.07, 6.45) is 1.43. The van der Waals surface area contributed by atoms with Crippen LogP contribution in [0.1, 0.15) is 12.8 Å². The molecule has 1 aliphatic rings. The molecule has 1 amide bonds. The van der Waals surface area contributed by atoms with Gasteiger partial charge in [-0.15, -0.1) is 0 Å². The second-order valence-corrected chi connectivity index (χ2v) is 3.83. The predicted octanol–water partition coefficient (Wildman–Crippen LogP) is 1.28. The summed E-state index contributed by atoms with van der Waals surface area (Å²) in [5, 5.41) is 8.51. The molecular formula is C12H13NO4. The molecule has 1 fully saturated rings. The molecule has 1 saturated heterocycles. The van der Waals surface area contributed by atoms with Crippen LogP contribution < -0.4 is 9.64 Å². The van der Waals surface area contributed by atoms with E-state index in [2.05, 4.69) is 0 Å². The van der Waals surface area contributed by atoms with Crippen LogP contribution in [0.25, 0.3) is 0 Å². The fourth-order valence-corrected chi connectivity index (χ4v) is 1.81. The van der Waals surface area contributed by atoms with Crippen LogP contribution in [-0.4, -0.2) is 30.1 Å². The quantitative estimate of drug-likeness (QED) is 0.853. The van der Waals surface area contributed by atoms with Crippen LogP contribution in [0.2, 0.25) is 0 Å². The number of ether oxygens (including phenoxy) is 1. The first-order valence-corrected chi connectivity index (χ1v) is 5.42. The second kappa shape index (κ2) is 4.86. The molecule has 0 saturated carbocycles. The average Bonchev–Trinajstić information content (AvgIpc) is 2.73. The summed E-state index contributed by atoms with van der Waals surface area (Å²) >= 11 is 0. The average molecular weight is 235 g/mol. The van der Waals surface area contributed by atoms with Gasteiger partial charge in [0.05, 0.1) is 0 Å². The molecule has 5 heteroatoms. The minimum atomic E-state index is -1.02. The standard InChI is InChI=1S/C12H13NO4/c14-11-5-2-6-13(11)9-3-1-4-10(7-9)17-8-12(15)16/h1,3-4,7H,2,5-6,8H2,(H,15,16). The largest absolute Gasteiger partial charge is 0.482 e. The molecule has 0 aromatic heterocycles. The molecular weight excluding hydrogens is 222 g/mol. The zero-order valence-electron chi connectivity index (χ0n) is 9.26. The van der Waals surface area contributed by atoms with Crippen molar-refractivity contribution in [2.45, 2.75) is 12.8 Å². The van der Waals surface area contributed by atoms with Crippen molar-refractivity contribution in [3.8, 4) is 5.75 Å². The summed E-state index contributed by atoms with van der Waals surface area (Å²) in [4.78, 5) is 23.6. The first-order valence-electron chi connectivity index (χ1n) is 5.42. The number of anilines is 1. The maximum absolute atomic E-state index is 11.5. The maximum atomic E-state index is 11.5. The van der Waals surface area contributed by atoms with E-state index >= 15 is 0 Å². The predicted molar refractivity (Wildman–Crippen MR) is 61.2 cm³/mol. The lowest BCUT2D eigenvalue weighted by Gasteiger charge is -2.16. The summed E-state index contributed by atoms with van der Waals surface area (Å²) < 4.78 is 5.07. The van der Waals surface area contributed by atoms with Gasteiger partial charge in [-0.05, 0) is 18.6 Å². The SMILES string of the molecule is O=C(O)COc1cccc(N2CCCC2=O)c1. The van der Waals surface area contributed by atoms with Crippen molar-refractivity contribution in [3.05, 3.63) is 24.3 Å². The number of aliphatic carboxylic acids is 1. The van der Waals surface area contributed by atoms with Crippen LogP contribution in [0, 0.1) is 0 Å². The van der Waals surface area contributed by atoms with Gasteiger partial charge in [0.1, 0.15) is 5.75 Å². The van der Waals surface area contributed by atoms with E-state index in [9.17, 15) is 9.59 Å². The summed E-state index contributed by atoms with van der Waals surface area (Å²) in [6, 6.07) is 6.92. The van der Waals surface area contributed by atoms with Crippen LogP contribution in [-0.2, 0) is 9.59 Å². The van der Waals surface area contributed by atoms with Crippen molar-refractivity contribution in [1.82, 2.24) is 0 Å². The highest BCUT2D eigenvalue weighted by Crippen LogP contribution is 2.25. The molecule has 1 aliphatic heterocycles. The van der Waals surface area contributed by atoms with Crippen molar-refractivity contribution in [3.63, 3.8) is 0 Å². The Hall–Kier alpha value is -2.04. The lowest BCUT2D eigenvalue weighted by Crippen LogP contribution is -2.23. The molecule has 1 aromatic carbocycles. The van der Waals surface area contributed by atoms with Gasteiger partial charge in [0.15, 0.2) is 6.61 Å². The van der Waals surface area contributed by atoms with Gasteiger partial charge in [0.2, 0.25) is 5.91 Å². The Labute approximate surface area is 98.6 Å². The summed E-state index contributed by atoms with van der Waals surface area (Å²) in [6.45, 7) is 0.332. The van der Waals surface area contributed by atoms with E-state index < -0.39 is 5.97 Å². The Kier molecular flexibility index (Phi) is 3.27. The van der Waals surface area contributed by atoms with Crippen molar-refractivity contribution < 1.29 is 19.4 Å². The molecule has 0 radical (unpaired) electrons. The third-order valence-electron chi connectivity index (χ3n) is 2.57. The first kappa shape index (κ1) is 11.4. The number of benzene rings is 1. The van der Waals surface area contributed by atoms with Gasteiger partial charge in [-0.2, -0.15) is 0 Å². The minimum absolute atomic E-state index is 0.0976. The van der Waals surface area contributed by atoms with E-state index in [-0.39, 0.29) is 12.5 Å². The molecule has 0 aliphatic carbocycles. The number of carbonyl (C=O) groups excluding carboxylic acids is 1. The van der Waals surface area contributed by atoms with Gasteiger partial charge >= 0.3 is 5.97 Å². The molecule has 5 nitrogen and oxygen atoms in total. The van der Waals surface area contributed by atoms with E-state index in [4.69, 9.17) is 9.84 Å². The van der Waals surface area contributed by atoms with Crippen LogP contribution in [0.5, 0.6) is 5.75 Å². The number of hydrogen-bond acceptors (Lipinski definition) is 3. The highest BCUT2D eigenvalue weighted by atomic mass is 16.5. The van der Waals surface area contributed by atoms with Crippen LogP contribution in [0.4, 0.5) is 5.69 Å². The zero-order valence-corrected chi connectivity index (χ0v) is 9.26. The molecule has 1 heterocycles. The third-order valence-corrected chi connectivity index (χ3v) is 2.57. The molecule has 1 aromatic rings. The molecule has 0 unspecified atom stereocenters. The summed E-state index contributed by atoms with van der Waals surface area (Å²) in [5.41, 5.74) is 0.760. The highest BCUT2D eigenvalue weighted by Gasteiger charge is 2.21.